The van der Waals surface area contributed by atoms with Gasteiger partial charge in [0.1, 0.15) is 12.0 Å². The van der Waals surface area contributed by atoms with E-state index in [4.69, 9.17) is 15.6 Å². The first-order valence-corrected chi connectivity index (χ1v) is 6.46. The molecule has 0 amide bonds. The Hall–Kier alpha value is -2.19. The second kappa shape index (κ2) is 6.51. The van der Waals surface area contributed by atoms with Crippen molar-refractivity contribution in [1.29, 1.82) is 0 Å². The minimum Gasteiger partial charge on any atom is -0.466 e. The number of hydrogen-bond acceptors (Lipinski definition) is 7. The van der Waals surface area contributed by atoms with Gasteiger partial charge in [0.25, 0.3) is 0 Å². The number of nitrogen functional groups attached to an aromatic ring is 1. The van der Waals surface area contributed by atoms with Crippen LogP contribution in [-0.2, 0) is 14.3 Å². The third-order valence-electron chi connectivity index (χ3n) is 3.21. The zero-order valence-corrected chi connectivity index (χ0v) is 11.6. The number of aliphatic hydroxyl groups excluding tert-OH is 1. The van der Waals surface area contributed by atoms with Crippen molar-refractivity contribution in [2.75, 3.05) is 19.5 Å². The maximum atomic E-state index is 11.9. The van der Waals surface area contributed by atoms with E-state index >= 15 is 0 Å². The van der Waals surface area contributed by atoms with Gasteiger partial charge < -0.3 is 20.3 Å². The minimum absolute atomic E-state index is 0.0214. The molecule has 0 aliphatic carbocycles. The summed E-state index contributed by atoms with van der Waals surface area (Å²) in [6, 6.07) is 0. The predicted octanol–water partition coefficient (Wildman–Crippen LogP) is -0.318. The van der Waals surface area contributed by atoms with Gasteiger partial charge in [-0.15, -0.1) is 0 Å². The Labute approximate surface area is 120 Å². The molecule has 8 heteroatoms. The Morgan fingerprint density at radius 2 is 2.43 bits per heavy atom. The molecule has 1 aromatic heterocycles. The number of nitrogens with zero attached hydrogens (tertiary/aromatic N) is 2. The summed E-state index contributed by atoms with van der Waals surface area (Å²) in [5, 5.41) is 9.06. The van der Waals surface area contributed by atoms with Gasteiger partial charge in [-0.25, -0.2) is 9.59 Å². The quantitative estimate of drug-likeness (QED) is 0.577. The number of hydrogen-bond donors (Lipinski definition) is 2. The average molecular weight is 295 g/mol. The van der Waals surface area contributed by atoms with E-state index in [0.717, 1.165) is 0 Å². The van der Waals surface area contributed by atoms with Crippen molar-refractivity contribution < 1.29 is 19.4 Å². The Balaban J connectivity index is 2.29. The first-order chi connectivity index (χ1) is 10.0. The molecule has 8 nitrogen and oxygen atoms in total. The van der Waals surface area contributed by atoms with Crippen LogP contribution in [0.25, 0.3) is 6.08 Å². The molecule has 2 heterocycles. The molecule has 0 saturated carbocycles. The molecule has 3 N–H and O–H groups in total. The van der Waals surface area contributed by atoms with Gasteiger partial charge >= 0.3 is 11.7 Å². The Morgan fingerprint density at radius 3 is 3.05 bits per heavy atom. The maximum absolute atomic E-state index is 11.9. The summed E-state index contributed by atoms with van der Waals surface area (Å²) < 4.78 is 11.3. The molecule has 2 atom stereocenters. The fraction of sp³-hybridized carbons (Fsp3) is 0.462. The third kappa shape index (κ3) is 3.47. The summed E-state index contributed by atoms with van der Waals surface area (Å²) in [6.45, 7) is -0.0945. The second-order valence-electron chi connectivity index (χ2n) is 4.60. The van der Waals surface area contributed by atoms with Crippen molar-refractivity contribution >= 4 is 17.9 Å². The summed E-state index contributed by atoms with van der Waals surface area (Å²) in [7, 11) is 1.26. The largest absolute Gasteiger partial charge is 0.466 e. The van der Waals surface area contributed by atoms with Crippen molar-refractivity contribution in [2.45, 2.75) is 25.2 Å². The second-order valence-corrected chi connectivity index (χ2v) is 4.60. The van der Waals surface area contributed by atoms with E-state index in [1.165, 1.54) is 30.0 Å². The van der Waals surface area contributed by atoms with Crippen LogP contribution < -0.4 is 11.4 Å². The molecular weight excluding hydrogens is 278 g/mol. The van der Waals surface area contributed by atoms with Gasteiger partial charge in [-0.3, -0.25) is 4.57 Å². The van der Waals surface area contributed by atoms with Crippen LogP contribution in [-0.4, -0.2) is 40.4 Å². The number of rotatable bonds is 4. The number of carbonyl (C=O) groups excluding carboxylic acids is 1. The highest BCUT2D eigenvalue weighted by Gasteiger charge is 2.27. The van der Waals surface area contributed by atoms with Crippen LogP contribution in [0.1, 0.15) is 24.6 Å². The fourth-order valence-corrected chi connectivity index (χ4v) is 2.08. The highest BCUT2D eigenvalue weighted by atomic mass is 16.5. The number of esters is 1. The van der Waals surface area contributed by atoms with E-state index in [0.29, 0.717) is 18.4 Å². The highest BCUT2D eigenvalue weighted by molar-refractivity contribution is 5.87. The fourth-order valence-electron chi connectivity index (χ4n) is 2.08. The Kier molecular flexibility index (Phi) is 4.71. The molecule has 1 aromatic rings. The zero-order chi connectivity index (χ0) is 15.4. The molecule has 0 radical (unpaired) electrons. The summed E-state index contributed by atoms with van der Waals surface area (Å²) in [6.07, 6.45) is 4.56. The molecule has 0 aromatic carbocycles. The van der Waals surface area contributed by atoms with Crippen molar-refractivity contribution in [3.05, 3.63) is 28.3 Å². The van der Waals surface area contributed by atoms with Gasteiger partial charge in [0.2, 0.25) is 0 Å². The molecule has 21 heavy (non-hydrogen) atoms. The van der Waals surface area contributed by atoms with Crippen LogP contribution in [0.15, 0.2) is 17.1 Å². The van der Waals surface area contributed by atoms with Crippen LogP contribution in [0, 0.1) is 0 Å². The number of aromatic nitrogens is 2. The van der Waals surface area contributed by atoms with Gasteiger partial charge in [0.15, 0.2) is 0 Å². The van der Waals surface area contributed by atoms with Gasteiger partial charge in [0, 0.05) is 17.8 Å². The van der Waals surface area contributed by atoms with E-state index in [9.17, 15) is 9.59 Å². The molecule has 0 bridgehead atoms. The van der Waals surface area contributed by atoms with E-state index in [-0.39, 0.29) is 18.5 Å². The van der Waals surface area contributed by atoms with Crippen molar-refractivity contribution in [2.24, 2.45) is 0 Å². The Bertz CT molecular complexity index is 610. The zero-order valence-electron chi connectivity index (χ0n) is 11.6. The molecule has 1 aliphatic heterocycles. The summed E-state index contributed by atoms with van der Waals surface area (Å²) >= 11 is 0. The van der Waals surface area contributed by atoms with Gasteiger partial charge in [-0.05, 0) is 18.9 Å². The lowest BCUT2D eigenvalue weighted by Crippen LogP contribution is -2.28. The number of nitrogens with two attached hydrogens (primary N) is 1. The SMILES string of the molecule is COC(=O)/C=C/c1cn(C2CCC(CO)O2)c(=O)nc1N. The van der Waals surface area contributed by atoms with E-state index in [2.05, 4.69) is 9.72 Å². The van der Waals surface area contributed by atoms with Crippen LogP contribution >= 0.6 is 0 Å². The summed E-state index contributed by atoms with van der Waals surface area (Å²) in [4.78, 5) is 26.7. The smallest absolute Gasteiger partial charge is 0.351 e. The molecule has 114 valence electrons. The number of anilines is 1. The van der Waals surface area contributed by atoms with Crippen LogP contribution in [0.4, 0.5) is 5.82 Å². The topological polar surface area (TPSA) is 117 Å². The first kappa shape index (κ1) is 15.2. The molecule has 1 aliphatic rings. The monoisotopic (exact) mass is 295 g/mol. The Morgan fingerprint density at radius 1 is 1.67 bits per heavy atom. The summed E-state index contributed by atoms with van der Waals surface area (Å²) in [5.41, 5.74) is 5.54. The lowest BCUT2D eigenvalue weighted by molar-refractivity contribution is -0.134. The average Bonchev–Trinajstić information content (AvgIpc) is 2.94. The van der Waals surface area contributed by atoms with Crippen LogP contribution in [0.5, 0.6) is 0 Å². The van der Waals surface area contributed by atoms with Crippen molar-refractivity contribution in [3.63, 3.8) is 0 Å². The molecule has 0 spiro atoms. The number of carbonyl (C=O) groups is 1. The van der Waals surface area contributed by atoms with Crippen LogP contribution in [0.3, 0.4) is 0 Å². The highest BCUT2D eigenvalue weighted by Crippen LogP contribution is 2.27. The van der Waals surface area contributed by atoms with E-state index in [1.54, 1.807) is 0 Å². The number of aliphatic hydroxyl groups is 1. The summed E-state index contributed by atoms with van der Waals surface area (Å²) in [5.74, 6) is -0.516. The third-order valence-corrected chi connectivity index (χ3v) is 3.21. The van der Waals surface area contributed by atoms with Crippen molar-refractivity contribution in [1.82, 2.24) is 9.55 Å². The molecule has 1 fully saturated rings. The normalized spacial score (nSPS) is 21.8. The number of ether oxygens (including phenoxy) is 2. The van der Waals surface area contributed by atoms with Crippen LogP contribution in [0.2, 0.25) is 0 Å². The van der Waals surface area contributed by atoms with Gasteiger partial charge in [0.05, 0.1) is 19.8 Å². The lowest BCUT2D eigenvalue weighted by Gasteiger charge is -2.15. The van der Waals surface area contributed by atoms with Gasteiger partial charge in [-0.1, -0.05) is 0 Å². The number of methoxy groups -OCH3 is 1. The van der Waals surface area contributed by atoms with Gasteiger partial charge in [-0.2, -0.15) is 4.98 Å². The molecule has 1 saturated heterocycles. The standard InChI is InChI=1S/C13H17N3O5/c1-20-11(18)5-2-8-6-16(13(19)15-12(8)14)10-4-3-9(7-17)21-10/h2,5-6,9-10,17H,3-4,7H2,1H3,(H2,14,15,19)/b5-2+. The molecule has 2 unspecified atom stereocenters. The van der Waals surface area contributed by atoms with E-state index < -0.39 is 17.9 Å². The lowest BCUT2D eigenvalue weighted by atomic mass is 10.2. The predicted molar refractivity (Wildman–Crippen MR) is 74.2 cm³/mol. The molecule has 2 rings (SSSR count). The van der Waals surface area contributed by atoms with Crippen molar-refractivity contribution in [3.8, 4) is 0 Å². The van der Waals surface area contributed by atoms with E-state index in [1.807, 2.05) is 0 Å². The first-order valence-electron chi connectivity index (χ1n) is 6.46. The minimum atomic E-state index is -0.537. The molecular formula is C13H17N3O5. The maximum Gasteiger partial charge on any atom is 0.351 e.